The van der Waals surface area contributed by atoms with Gasteiger partial charge in [-0.2, -0.15) is 0 Å². The van der Waals surface area contributed by atoms with E-state index in [1.807, 2.05) is 55.3 Å². The number of carbonyl (C=O) groups excluding carboxylic acids is 1. The highest BCUT2D eigenvalue weighted by Crippen LogP contribution is 2.22. The van der Waals surface area contributed by atoms with E-state index in [1.54, 1.807) is 12.4 Å². The van der Waals surface area contributed by atoms with Gasteiger partial charge in [-0.15, -0.1) is 0 Å². The molecule has 5 nitrogen and oxygen atoms in total. The third-order valence-electron chi connectivity index (χ3n) is 4.48. The van der Waals surface area contributed by atoms with Crippen molar-refractivity contribution in [1.29, 1.82) is 0 Å². The van der Waals surface area contributed by atoms with Gasteiger partial charge in [-0.3, -0.25) is 4.79 Å². The van der Waals surface area contributed by atoms with E-state index in [0.717, 1.165) is 23.2 Å². The third kappa shape index (κ3) is 4.50. The van der Waals surface area contributed by atoms with Gasteiger partial charge in [0.25, 0.3) is 5.91 Å². The Hall–Kier alpha value is -3.21. The van der Waals surface area contributed by atoms with Crippen molar-refractivity contribution in [2.45, 2.75) is 26.8 Å². The molecule has 0 bridgehead atoms. The molecule has 5 heteroatoms. The van der Waals surface area contributed by atoms with E-state index < -0.39 is 0 Å². The van der Waals surface area contributed by atoms with Gasteiger partial charge >= 0.3 is 0 Å². The molecule has 3 rings (SSSR count). The molecule has 138 valence electrons. The monoisotopic (exact) mass is 360 g/mol. The van der Waals surface area contributed by atoms with Crippen LogP contribution in [0.1, 0.15) is 34.0 Å². The fraction of sp³-hybridized carbons (Fsp3) is 0.227. The van der Waals surface area contributed by atoms with E-state index in [2.05, 4.69) is 34.3 Å². The summed E-state index contributed by atoms with van der Waals surface area (Å²) in [4.78, 5) is 23.3. The molecule has 0 fully saturated rings. The molecule has 1 amide bonds. The number of rotatable bonds is 6. The lowest BCUT2D eigenvalue weighted by atomic mass is 10.1. The number of carbonyl (C=O) groups is 1. The fourth-order valence-corrected chi connectivity index (χ4v) is 2.95. The van der Waals surface area contributed by atoms with Crippen LogP contribution in [0, 0.1) is 6.92 Å². The van der Waals surface area contributed by atoms with Gasteiger partial charge in [0, 0.05) is 31.7 Å². The van der Waals surface area contributed by atoms with E-state index in [4.69, 9.17) is 0 Å². The lowest BCUT2D eigenvalue weighted by Crippen LogP contribution is -2.20. The minimum absolute atomic E-state index is 0.198. The molecule has 0 saturated carbocycles. The Balaban J connectivity index is 1.71. The summed E-state index contributed by atoms with van der Waals surface area (Å²) in [5.41, 5.74) is 4.65. The average Bonchev–Trinajstić information content (AvgIpc) is 2.70. The van der Waals surface area contributed by atoms with Gasteiger partial charge in [-0.25, -0.2) is 9.97 Å². The van der Waals surface area contributed by atoms with Crippen LogP contribution in [0.5, 0.6) is 0 Å². The second-order valence-electron chi connectivity index (χ2n) is 6.53. The highest BCUT2D eigenvalue weighted by molar-refractivity contribution is 6.04. The maximum absolute atomic E-state index is 12.6. The number of aryl methyl sites for hydroxylation is 2. The SMILES string of the molecule is CCc1cccc(C)c1NC(=O)c1cnc(N(C)Cc2ccccc2)nc1. The number of aromatic nitrogens is 2. The number of amides is 1. The molecule has 1 heterocycles. The summed E-state index contributed by atoms with van der Waals surface area (Å²) in [5, 5.41) is 3.00. The van der Waals surface area contributed by atoms with Gasteiger partial charge in [0.2, 0.25) is 5.95 Å². The summed E-state index contributed by atoms with van der Waals surface area (Å²) in [7, 11) is 1.93. The van der Waals surface area contributed by atoms with Crippen LogP contribution in [-0.4, -0.2) is 22.9 Å². The van der Waals surface area contributed by atoms with Gasteiger partial charge < -0.3 is 10.2 Å². The first-order valence-electron chi connectivity index (χ1n) is 9.05. The first kappa shape index (κ1) is 18.6. The molecule has 0 spiro atoms. The van der Waals surface area contributed by atoms with Gasteiger partial charge in [0.05, 0.1) is 5.56 Å². The molecule has 1 aromatic heterocycles. The summed E-state index contributed by atoms with van der Waals surface area (Å²) in [6.07, 6.45) is 4.00. The normalized spacial score (nSPS) is 10.5. The lowest BCUT2D eigenvalue weighted by Gasteiger charge is -2.17. The number of nitrogens with zero attached hydrogens (tertiary/aromatic N) is 3. The quantitative estimate of drug-likeness (QED) is 0.714. The molecular weight excluding hydrogens is 336 g/mol. The molecule has 0 aliphatic heterocycles. The van der Waals surface area contributed by atoms with Crippen molar-refractivity contribution in [3.8, 4) is 0 Å². The molecule has 27 heavy (non-hydrogen) atoms. The van der Waals surface area contributed by atoms with Crippen LogP contribution >= 0.6 is 0 Å². The van der Waals surface area contributed by atoms with Crippen molar-refractivity contribution in [3.63, 3.8) is 0 Å². The van der Waals surface area contributed by atoms with Crippen LogP contribution in [0.15, 0.2) is 60.9 Å². The van der Waals surface area contributed by atoms with E-state index in [0.29, 0.717) is 18.1 Å². The summed E-state index contributed by atoms with van der Waals surface area (Å²) >= 11 is 0. The zero-order valence-electron chi connectivity index (χ0n) is 15.9. The lowest BCUT2D eigenvalue weighted by molar-refractivity contribution is 0.102. The largest absolute Gasteiger partial charge is 0.340 e. The molecule has 0 radical (unpaired) electrons. The highest BCUT2D eigenvalue weighted by Gasteiger charge is 2.13. The molecule has 0 unspecified atom stereocenters. The zero-order valence-corrected chi connectivity index (χ0v) is 15.9. The van der Waals surface area contributed by atoms with Gasteiger partial charge in [-0.1, -0.05) is 55.5 Å². The fourth-order valence-electron chi connectivity index (χ4n) is 2.95. The number of benzene rings is 2. The molecule has 0 atom stereocenters. The summed E-state index contributed by atoms with van der Waals surface area (Å²) in [6.45, 7) is 4.77. The summed E-state index contributed by atoms with van der Waals surface area (Å²) in [6, 6.07) is 16.2. The van der Waals surface area contributed by atoms with E-state index in [9.17, 15) is 4.79 Å². The van der Waals surface area contributed by atoms with Crippen LogP contribution in [0.4, 0.5) is 11.6 Å². The Morgan fingerprint density at radius 3 is 2.41 bits per heavy atom. The Labute approximate surface area is 160 Å². The van der Waals surface area contributed by atoms with Crippen LogP contribution in [-0.2, 0) is 13.0 Å². The molecule has 0 aliphatic carbocycles. The van der Waals surface area contributed by atoms with E-state index in [1.165, 1.54) is 5.56 Å². The Kier molecular flexibility index (Phi) is 5.81. The Bertz CT molecular complexity index is 907. The van der Waals surface area contributed by atoms with Gasteiger partial charge in [0.15, 0.2) is 0 Å². The third-order valence-corrected chi connectivity index (χ3v) is 4.48. The van der Waals surface area contributed by atoms with E-state index in [-0.39, 0.29) is 5.91 Å². The predicted octanol–water partition coefficient (Wildman–Crippen LogP) is 4.24. The second kappa shape index (κ2) is 8.45. The summed E-state index contributed by atoms with van der Waals surface area (Å²) in [5.74, 6) is 0.386. The first-order chi connectivity index (χ1) is 13.1. The maximum atomic E-state index is 12.6. The number of nitrogens with one attached hydrogen (secondary N) is 1. The van der Waals surface area contributed by atoms with Crippen LogP contribution < -0.4 is 10.2 Å². The van der Waals surface area contributed by atoms with Crippen molar-refractivity contribution < 1.29 is 4.79 Å². The molecular formula is C22H24N4O. The van der Waals surface area contributed by atoms with Gasteiger partial charge in [-0.05, 0) is 30.0 Å². The van der Waals surface area contributed by atoms with Crippen molar-refractivity contribution in [3.05, 3.63) is 83.2 Å². The van der Waals surface area contributed by atoms with Crippen molar-refractivity contribution in [1.82, 2.24) is 9.97 Å². The number of hydrogen-bond acceptors (Lipinski definition) is 4. The van der Waals surface area contributed by atoms with Gasteiger partial charge in [0.1, 0.15) is 0 Å². The Morgan fingerprint density at radius 2 is 1.74 bits per heavy atom. The molecule has 0 aliphatic rings. The highest BCUT2D eigenvalue weighted by atomic mass is 16.1. The number of hydrogen-bond donors (Lipinski definition) is 1. The summed E-state index contributed by atoms with van der Waals surface area (Å²) < 4.78 is 0. The minimum atomic E-state index is -0.198. The van der Waals surface area contributed by atoms with Crippen molar-refractivity contribution in [2.24, 2.45) is 0 Å². The molecule has 0 saturated heterocycles. The first-order valence-corrected chi connectivity index (χ1v) is 9.05. The maximum Gasteiger partial charge on any atom is 0.258 e. The van der Waals surface area contributed by atoms with Crippen LogP contribution in [0.25, 0.3) is 0 Å². The van der Waals surface area contributed by atoms with Crippen molar-refractivity contribution in [2.75, 3.05) is 17.3 Å². The van der Waals surface area contributed by atoms with E-state index >= 15 is 0 Å². The number of para-hydroxylation sites is 1. The molecule has 2 aromatic carbocycles. The topological polar surface area (TPSA) is 58.1 Å². The molecule has 1 N–H and O–H groups in total. The Morgan fingerprint density at radius 1 is 1.04 bits per heavy atom. The second-order valence-corrected chi connectivity index (χ2v) is 6.53. The zero-order chi connectivity index (χ0) is 19.2. The van der Waals surface area contributed by atoms with Crippen LogP contribution in [0.2, 0.25) is 0 Å². The van der Waals surface area contributed by atoms with Crippen molar-refractivity contribution >= 4 is 17.5 Å². The standard InChI is InChI=1S/C22H24N4O/c1-4-18-12-8-9-16(2)20(18)25-21(27)19-13-23-22(24-14-19)26(3)15-17-10-6-5-7-11-17/h5-14H,4,15H2,1-3H3,(H,25,27). The minimum Gasteiger partial charge on any atom is -0.340 e. The number of anilines is 2. The smallest absolute Gasteiger partial charge is 0.258 e. The van der Waals surface area contributed by atoms with Crippen LogP contribution in [0.3, 0.4) is 0 Å². The average molecular weight is 360 g/mol. The molecule has 3 aromatic rings. The predicted molar refractivity (Wildman–Crippen MR) is 109 cm³/mol.